The highest BCUT2D eigenvalue weighted by Gasteiger charge is 2.22. The van der Waals surface area contributed by atoms with Crippen molar-refractivity contribution in [2.75, 3.05) is 13.7 Å². The predicted octanol–water partition coefficient (Wildman–Crippen LogP) is 2.98. The van der Waals surface area contributed by atoms with Gasteiger partial charge in [0.15, 0.2) is 11.5 Å². The van der Waals surface area contributed by atoms with Gasteiger partial charge in [-0.3, -0.25) is 0 Å². The Balaban J connectivity index is 1.34. The van der Waals surface area contributed by atoms with Gasteiger partial charge in [-0.2, -0.15) is 0 Å². The molecule has 2 aromatic carbocycles. The van der Waals surface area contributed by atoms with Gasteiger partial charge in [-0.15, -0.1) is 0 Å². The smallest absolute Gasteiger partial charge is 0.164 e. The lowest BCUT2D eigenvalue weighted by Crippen LogP contribution is -2.38. The van der Waals surface area contributed by atoms with Gasteiger partial charge in [-0.05, 0) is 35.7 Å². The van der Waals surface area contributed by atoms with Crippen molar-refractivity contribution in [3.63, 3.8) is 0 Å². The molecule has 1 aromatic heterocycles. The molecule has 1 aliphatic heterocycles. The molecule has 4 rings (SSSR count). The molecule has 0 fully saturated rings. The number of aromatic nitrogens is 2. The molecule has 2 heterocycles. The molecule has 0 saturated heterocycles. The summed E-state index contributed by atoms with van der Waals surface area (Å²) in [7, 11) is 1.67. The van der Waals surface area contributed by atoms with Crippen molar-refractivity contribution in [1.29, 1.82) is 0 Å². The number of nitrogens with zero attached hydrogens (tertiary/aromatic N) is 2. The molecule has 0 aliphatic carbocycles. The molecule has 1 N–H and O–H groups in total. The Hall–Kier alpha value is -3.36. The van der Waals surface area contributed by atoms with Crippen molar-refractivity contribution in [3.8, 4) is 23.3 Å². The second kappa shape index (κ2) is 8.55. The summed E-state index contributed by atoms with van der Waals surface area (Å²) in [6.45, 7) is 1.42. The zero-order valence-corrected chi connectivity index (χ0v) is 15.7. The molecule has 1 atom stereocenters. The van der Waals surface area contributed by atoms with Crippen LogP contribution in [0.25, 0.3) is 0 Å². The van der Waals surface area contributed by atoms with E-state index in [0.29, 0.717) is 6.61 Å². The van der Waals surface area contributed by atoms with E-state index in [-0.39, 0.29) is 6.04 Å². The Bertz CT molecular complexity index is 992. The quantitative estimate of drug-likeness (QED) is 0.715. The number of nitrogens with one attached hydrogen (secondary N) is 1. The minimum atomic E-state index is 0.275. The van der Waals surface area contributed by atoms with Gasteiger partial charge in [0.05, 0.1) is 12.7 Å². The molecular weight excluding hydrogens is 350 g/mol. The minimum Gasteiger partial charge on any atom is -0.493 e. The Kier molecular flexibility index (Phi) is 5.51. The van der Waals surface area contributed by atoms with Crippen molar-refractivity contribution >= 4 is 0 Å². The van der Waals surface area contributed by atoms with Crippen molar-refractivity contribution in [2.24, 2.45) is 0 Å². The van der Waals surface area contributed by atoms with Crippen LogP contribution >= 0.6 is 0 Å². The fraction of sp³-hybridized carbons (Fsp3) is 0.217. The summed E-state index contributed by atoms with van der Waals surface area (Å²) in [5.74, 6) is 7.87. The predicted molar refractivity (Wildman–Crippen MR) is 107 cm³/mol. The molecule has 1 aliphatic rings. The third-order valence-corrected chi connectivity index (χ3v) is 4.64. The van der Waals surface area contributed by atoms with Crippen LogP contribution in [0.1, 0.15) is 22.3 Å². The first-order valence-corrected chi connectivity index (χ1v) is 9.20. The largest absolute Gasteiger partial charge is 0.493 e. The summed E-state index contributed by atoms with van der Waals surface area (Å²) >= 11 is 0. The monoisotopic (exact) mass is 371 g/mol. The lowest BCUT2D eigenvalue weighted by atomic mass is 10.0. The van der Waals surface area contributed by atoms with Crippen molar-refractivity contribution in [1.82, 2.24) is 15.3 Å². The molecular formula is C23H21N3O2. The van der Waals surface area contributed by atoms with Gasteiger partial charge in [0.25, 0.3) is 0 Å². The molecule has 1 unspecified atom stereocenters. The first-order chi connectivity index (χ1) is 13.8. The van der Waals surface area contributed by atoms with Crippen LogP contribution in [0.4, 0.5) is 0 Å². The molecule has 0 spiro atoms. The molecule has 3 aromatic rings. The summed E-state index contributed by atoms with van der Waals surface area (Å²) in [6, 6.07) is 14.6. The highest BCUT2D eigenvalue weighted by molar-refractivity contribution is 5.48. The second-order valence-corrected chi connectivity index (χ2v) is 6.62. The molecule has 5 heteroatoms. The van der Waals surface area contributed by atoms with Gasteiger partial charge in [0.2, 0.25) is 0 Å². The van der Waals surface area contributed by atoms with Gasteiger partial charge < -0.3 is 14.8 Å². The number of rotatable bonds is 4. The van der Waals surface area contributed by atoms with Crippen LogP contribution < -0.4 is 14.8 Å². The standard InChI is InChI=1S/C23H21N3O2/c1-27-22-4-2-3-20-11-21(15-28-23(20)22)26-14-18-8-5-17(6-9-18)7-10-19-12-24-16-25-13-19/h2-6,8-9,12-13,16,21,26H,11,14-15H2,1H3. The molecule has 0 amide bonds. The van der Waals surface area contributed by atoms with Crippen LogP contribution in [-0.4, -0.2) is 29.7 Å². The van der Waals surface area contributed by atoms with Crippen LogP contribution in [0.2, 0.25) is 0 Å². The lowest BCUT2D eigenvalue weighted by molar-refractivity contribution is 0.226. The Labute approximate surface area is 164 Å². The van der Waals surface area contributed by atoms with Crippen LogP contribution in [0.5, 0.6) is 11.5 Å². The fourth-order valence-electron chi connectivity index (χ4n) is 3.16. The Morgan fingerprint density at radius 3 is 2.64 bits per heavy atom. The molecule has 0 radical (unpaired) electrons. The first kappa shape index (κ1) is 18.0. The van der Waals surface area contributed by atoms with E-state index < -0.39 is 0 Å². The zero-order valence-electron chi connectivity index (χ0n) is 15.7. The molecule has 5 nitrogen and oxygen atoms in total. The number of benzene rings is 2. The summed E-state index contributed by atoms with van der Waals surface area (Å²) in [4.78, 5) is 7.93. The van der Waals surface area contributed by atoms with Crippen LogP contribution in [-0.2, 0) is 13.0 Å². The number of hydrogen-bond acceptors (Lipinski definition) is 5. The van der Waals surface area contributed by atoms with E-state index in [9.17, 15) is 0 Å². The molecule has 140 valence electrons. The van der Waals surface area contributed by atoms with E-state index in [1.807, 2.05) is 24.3 Å². The van der Waals surface area contributed by atoms with Crippen LogP contribution in [0.3, 0.4) is 0 Å². The highest BCUT2D eigenvalue weighted by atomic mass is 16.5. The Morgan fingerprint density at radius 2 is 1.86 bits per heavy atom. The topological polar surface area (TPSA) is 56.3 Å². The molecule has 28 heavy (non-hydrogen) atoms. The first-order valence-electron chi connectivity index (χ1n) is 9.20. The average Bonchev–Trinajstić information content (AvgIpc) is 2.77. The zero-order chi connectivity index (χ0) is 19.2. The van der Waals surface area contributed by atoms with Crippen LogP contribution in [0.15, 0.2) is 61.2 Å². The Morgan fingerprint density at radius 1 is 1.07 bits per heavy atom. The van der Waals surface area contributed by atoms with E-state index in [4.69, 9.17) is 9.47 Å². The minimum absolute atomic E-state index is 0.275. The van der Waals surface area contributed by atoms with Gasteiger partial charge in [-0.25, -0.2) is 9.97 Å². The number of para-hydroxylation sites is 1. The SMILES string of the molecule is COc1cccc2c1OCC(NCc1ccc(C#Cc3cncnc3)cc1)C2. The van der Waals surface area contributed by atoms with Crippen molar-refractivity contribution < 1.29 is 9.47 Å². The molecule has 0 bridgehead atoms. The normalized spacial score (nSPS) is 15.0. The van der Waals surface area contributed by atoms with Gasteiger partial charge in [0, 0.05) is 30.5 Å². The summed E-state index contributed by atoms with van der Waals surface area (Å²) in [5.41, 5.74) is 4.17. The summed E-state index contributed by atoms with van der Waals surface area (Å²) in [5, 5.41) is 3.58. The summed E-state index contributed by atoms with van der Waals surface area (Å²) in [6.07, 6.45) is 5.84. The van der Waals surface area contributed by atoms with Crippen molar-refractivity contribution in [2.45, 2.75) is 19.0 Å². The number of ether oxygens (including phenoxy) is 2. The van der Waals surface area contributed by atoms with E-state index in [1.54, 1.807) is 19.5 Å². The summed E-state index contributed by atoms with van der Waals surface area (Å²) < 4.78 is 11.3. The van der Waals surface area contributed by atoms with Crippen LogP contribution in [0, 0.1) is 11.8 Å². The number of methoxy groups -OCH3 is 1. The van der Waals surface area contributed by atoms with Crippen molar-refractivity contribution in [3.05, 3.63) is 83.4 Å². The third-order valence-electron chi connectivity index (χ3n) is 4.64. The van der Waals surface area contributed by atoms with Gasteiger partial charge >= 0.3 is 0 Å². The van der Waals surface area contributed by atoms with E-state index in [1.165, 1.54) is 17.5 Å². The maximum absolute atomic E-state index is 5.92. The van der Waals surface area contributed by atoms with E-state index >= 15 is 0 Å². The van der Waals surface area contributed by atoms with E-state index in [2.05, 4.69) is 45.3 Å². The fourth-order valence-corrected chi connectivity index (χ4v) is 3.16. The highest BCUT2D eigenvalue weighted by Crippen LogP contribution is 2.34. The second-order valence-electron chi connectivity index (χ2n) is 6.62. The number of hydrogen-bond donors (Lipinski definition) is 1. The third kappa shape index (κ3) is 4.30. The molecule has 0 saturated carbocycles. The van der Waals surface area contributed by atoms with Gasteiger partial charge in [-0.1, -0.05) is 36.1 Å². The average molecular weight is 371 g/mol. The lowest BCUT2D eigenvalue weighted by Gasteiger charge is -2.27. The van der Waals surface area contributed by atoms with E-state index in [0.717, 1.165) is 35.6 Å². The maximum Gasteiger partial charge on any atom is 0.164 e. The maximum atomic E-state index is 5.92. The number of fused-ring (bicyclic) bond motifs is 1. The van der Waals surface area contributed by atoms with Gasteiger partial charge in [0.1, 0.15) is 12.9 Å².